The fraction of sp³-hybridized carbons (Fsp3) is 0.600. The van der Waals surface area contributed by atoms with E-state index in [1.807, 2.05) is 0 Å². The van der Waals surface area contributed by atoms with Crippen LogP contribution in [0.3, 0.4) is 0 Å². The van der Waals surface area contributed by atoms with E-state index in [9.17, 15) is 4.79 Å². The number of hydrogen-bond donors (Lipinski definition) is 0. The quantitative estimate of drug-likeness (QED) is 0.716. The molecule has 1 aliphatic heterocycles. The molecule has 1 aromatic heterocycles. The van der Waals surface area contributed by atoms with Gasteiger partial charge in [-0.2, -0.15) is 5.10 Å². The normalized spacial score (nSPS) is 16.1. The summed E-state index contributed by atoms with van der Waals surface area (Å²) in [6, 6.07) is 1.75. The largest absolute Gasteiger partial charge is 0.381 e. The van der Waals surface area contributed by atoms with Gasteiger partial charge in [0.2, 0.25) is 0 Å². The SMILES string of the molecule is CN(C)C(=O)c1ccnn1CC1COC1. The molecule has 0 spiro atoms. The zero-order valence-electron chi connectivity index (χ0n) is 9.01. The number of nitrogens with zero attached hydrogens (tertiary/aromatic N) is 3. The third-order valence-electron chi connectivity index (χ3n) is 2.48. The van der Waals surface area contributed by atoms with E-state index in [-0.39, 0.29) is 5.91 Å². The molecule has 0 bridgehead atoms. The lowest BCUT2D eigenvalue weighted by Gasteiger charge is -2.26. The summed E-state index contributed by atoms with van der Waals surface area (Å²) in [5, 5.41) is 4.16. The number of carbonyl (C=O) groups is 1. The summed E-state index contributed by atoms with van der Waals surface area (Å²) in [7, 11) is 3.48. The highest BCUT2D eigenvalue weighted by Gasteiger charge is 2.22. The first-order chi connectivity index (χ1) is 7.18. The molecule has 0 radical (unpaired) electrons. The van der Waals surface area contributed by atoms with E-state index in [1.54, 1.807) is 35.9 Å². The van der Waals surface area contributed by atoms with Gasteiger partial charge >= 0.3 is 0 Å². The van der Waals surface area contributed by atoms with Crippen molar-refractivity contribution in [2.75, 3.05) is 27.3 Å². The Labute approximate surface area is 88.6 Å². The molecule has 0 unspecified atom stereocenters. The van der Waals surface area contributed by atoms with Crippen LogP contribution in [0.1, 0.15) is 10.5 Å². The first-order valence-electron chi connectivity index (χ1n) is 4.99. The maximum absolute atomic E-state index is 11.7. The molecule has 1 amide bonds. The van der Waals surface area contributed by atoms with Gasteiger partial charge in [0, 0.05) is 32.8 Å². The number of rotatable bonds is 3. The zero-order valence-corrected chi connectivity index (χ0v) is 9.01. The minimum Gasteiger partial charge on any atom is -0.381 e. The van der Waals surface area contributed by atoms with Crippen molar-refractivity contribution in [3.05, 3.63) is 18.0 Å². The average Bonchev–Trinajstić information content (AvgIpc) is 2.57. The lowest BCUT2D eigenvalue weighted by Crippen LogP contribution is -2.33. The van der Waals surface area contributed by atoms with E-state index in [2.05, 4.69) is 5.10 Å². The van der Waals surface area contributed by atoms with Crippen molar-refractivity contribution in [2.45, 2.75) is 6.54 Å². The standard InChI is InChI=1S/C10H15N3O2/c1-12(2)10(14)9-3-4-11-13(9)5-8-6-15-7-8/h3-4,8H,5-7H2,1-2H3. The fourth-order valence-corrected chi connectivity index (χ4v) is 1.52. The lowest BCUT2D eigenvalue weighted by atomic mass is 10.1. The number of ether oxygens (including phenoxy) is 1. The first-order valence-corrected chi connectivity index (χ1v) is 4.99. The van der Waals surface area contributed by atoms with Crippen molar-refractivity contribution in [2.24, 2.45) is 5.92 Å². The highest BCUT2D eigenvalue weighted by atomic mass is 16.5. The van der Waals surface area contributed by atoms with E-state index in [0.29, 0.717) is 11.6 Å². The van der Waals surface area contributed by atoms with Crippen LogP contribution in [-0.2, 0) is 11.3 Å². The molecule has 1 fully saturated rings. The van der Waals surface area contributed by atoms with Crippen molar-refractivity contribution in [1.82, 2.24) is 14.7 Å². The predicted octanol–water partition coefficient (Wildman–Crippen LogP) is 0.231. The summed E-state index contributed by atoms with van der Waals surface area (Å²) < 4.78 is 6.85. The minimum absolute atomic E-state index is 0.00672. The van der Waals surface area contributed by atoms with Gasteiger partial charge in [-0.05, 0) is 6.07 Å². The third-order valence-corrected chi connectivity index (χ3v) is 2.48. The van der Waals surface area contributed by atoms with Crippen molar-refractivity contribution in [3.63, 3.8) is 0 Å². The van der Waals surface area contributed by atoms with Gasteiger partial charge in [-0.3, -0.25) is 9.48 Å². The number of aromatic nitrogens is 2. The molecule has 0 N–H and O–H groups in total. The molecule has 0 saturated carbocycles. The topological polar surface area (TPSA) is 47.4 Å². The molecule has 1 aromatic rings. The Bertz CT molecular complexity index is 355. The Morgan fingerprint density at radius 3 is 2.93 bits per heavy atom. The first kappa shape index (κ1) is 10.2. The van der Waals surface area contributed by atoms with Crippen LogP contribution in [0.4, 0.5) is 0 Å². The number of amides is 1. The maximum atomic E-state index is 11.7. The van der Waals surface area contributed by atoms with Crippen molar-refractivity contribution < 1.29 is 9.53 Å². The number of hydrogen-bond acceptors (Lipinski definition) is 3. The molecule has 5 heteroatoms. The van der Waals surface area contributed by atoms with Gasteiger partial charge in [-0.15, -0.1) is 0 Å². The summed E-state index contributed by atoms with van der Waals surface area (Å²) in [4.78, 5) is 13.3. The Kier molecular flexibility index (Phi) is 2.73. The van der Waals surface area contributed by atoms with Gasteiger partial charge in [0.15, 0.2) is 0 Å². The monoisotopic (exact) mass is 209 g/mol. The summed E-state index contributed by atoms with van der Waals surface area (Å²) >= 11 is 0. The van der Waals surface area contributed by atoms with E-state index >= 15 is 0 Å². The molecule has 0 aromatic carbocycles. The molecule has 2 heterocycles. The maximum Gasteiger partial charge on any atom is 0.271 e. The minimum atomic E-state index is -0.00672. The second kappa shape index (κ2) is 4.02. The molecular formula is C10H15N3O2. The number of carbonyl (C=O) groups excluding carboxylic acids is 1. The fourth-order valence-electron chi connectivity index (χ4n) is 1.52. The van der Waals surface area contributed by atoms with Crippen molar-refractivity contribution in [1.29, 1.82) is 0 Å². The molecule has 15 heavy (non-hydrogen) atoms. The van der Waals surface area contributed by atoms with E-state index in [1.165, 1.54) is 0 Å². The zero-order chi connectivity index (χ0) is 10.8. The van der Waals surface area contributed by atoms with E-state index in [0.717, 1.165) is 19.8 Å². The van der Waals surface area contributed by atoms with Crippen LogP contribution < -0.4 is 0 Å². The second-order valence-electron chi connectivity index (χ2n) is 4.00. The van der Waals surface area contributed by atoms with E-state index in [4.69, 9.17) is 4.74 Å². The molecular weight excluding hydrogens is 194 g/mol. The van der Waals surface area contributed by atoms with Gasteiger partial charge in [-0.25, -0.2) is 0 Å². The molecule has 1 saturated heterocycles. The van der Waals surface area contributed by atoms with Crippen LogP contribution in [0, 0.1) is 5.92 Å². The van der Waals surface area contributed by atoms with E-state index < -0.39 is 0 Å². The van der Waals surface area contributed by atoms with Crippen LogP contribution >= 0.6 is 0 Å². The molecule has 5 nitrogen and oxygen atoms in total. The predicted molar refractivity (Wildman–Crippen MR) is 54.6 cm³/mol. The Morgan fingerprint density at radius 1 is 1.67 bits per heavy atom. The van der Waals surface area contributed by atoms with Crippen LogP contribution in [0.2, 0.25) is 0 Å². The highest BCUT2D eigenvalue weighted by molar-refractivity contribution is 5.92. The Balaban J connectivity index is 2.10. The summed E-state index contributed by atoms with van der Waals surface area (Å²) in [6.07, 6.45) is 1.66. The Morgan fingerprint density at radius 2 is 2.40 bits per heavy atom. The van der Waals surface area contributed by atoms with Crippen molar-refractivity contribution in [3.8, 4) is 0 Å². The molecule has 82 valence electrons. The summed E-state index contributed by atoms with van der Waals surface area (Å²) in [5.41, 5.74) is 0.645. The second-order valence-corrected chi connectivity index (χ2v) is 4.00. The highest BCUT2D eigenvalue weighted by Crippen LogP contribution is 2.14. The molecule has 0 atom stereocenters. The Hall–Kier alpha value is -1.36. The van der Waals surface area contributed by atoms with Gasteiger partial charge in [-0.1, -0.05) is 0 Å². The van der Waals surface area contributed by atoms with Crippen LogP contribution in [0.15, 0.2) is 12.3 Å². The van der Waals surface area contributed by atoms with Gasteiger partial charge in [0.25, 0.3) is 5.91 Å². The van der Waals surface area contributed by atoms with Crippen LogP contribution in [-0.4, -0.2) is 47.9 Å². The van der Waals surface area contributed by atoms with Gasteiger partial charge in [0.1, 0.15) is 5.69 Å². The molecule has 0 aliphatic carbocycles. The average molecular weight is 209 g/mol. The smallest absolute Gasteiger partial charge is 0.271 e. The lowest BCUT2D eigenvalue weighted by molar-refractivity contribution is -0.0411. The van der Waals surface area contributed by atoms with Crippen molar-refractivity contribution >= 4 is 5.91 Å². The van der Waals surface area contributed by atoms with Gasteiger partial charge < -0.3 is 9.64 Å². The molecule has 1 aliphatic rings. The third kappa shape index (κ3) is 2.02. The summed E-state index contributed by atoms with van der Waals surface area (Å²) in [6.45, 7) is 2.31. The van der Waals surface area contributed by atoms with Crippen LogP contribution in [0.25, 0.3) is 0 Å². The molecule has 2 rings (SSSR count). The van der Waals surface area contributed by atoms with Crippen LogP contribution in [0.5, 0.6) is 0 Å². The summed E-state index contributed by atoms with van der Waals surface area (Å²) in [5.74, 6) is 0.492. The van der Waals surface area contributed by atoms with Gasteiger partial charge in [0.05, 0.1) is 13.2 Å².